The van der Waals surface area contributed by atoms with E-state index < -0.39 is 0 Å². The molecule has 0 saturated heterocycles. The number of fused-ring (bicyclic) bond motifs is 2. The fraction of sp³-hybridized carbons (Fsp3) is 0.130. The van der Waals surface area contributed by atoms with E-state index in [2.05, 4.69) is 12.1 Å². The summed E-state index contributed by atoms with van der Waals surface area (Å²) in [6.07, 6.45) is 0.769. The van der Waals surface area contributed by atoms with Gasteiger partial charge in [-0.1, -0.05) is 60.7 Å². The molecule has 4 nitrogen and oxygen atoms in total. The molecule has 138 valence electrons. The van der Waals surface area contributed by atoms with E-state index in [0.29, 0.717) is 29.3 Å². The van der Waals surface area contributed by atoms with Crippen LogP contribution in [0.1, 0.15) is 26.5 Å². The summed E-state index contributed by atoms with van der Waals surface area (Å²) in [6, 6.07) is 19.4. The largest absolute Gasteiger partial charge is 0.397 e. The van der Waals surface area contributed by atoms with Gasteiger partial charge in [-0.25, -0.2) is 4.98 Å². The third-order valence-electron chi connectivity index (χ3n) is 5.10. The average molecular weight is 386 g/mol. The zero-order valence-electron chi connectivity index (χ0n) is 15.1. The van der Waals surface area contributed by atoms with Crippen LogP contribution in [-0.2, 0) is 17.8 Å². The number of hydrogen-bond donors (Lipinski definition) is 1. The summed E-state index contributed by atoms with van der Waals surface area (Å²) < 4.78 is 5.73. The lowest BCUT2D eigenvalue weighted by Crippen LogP contribution is -2.13. The minimum Gasteiger partial charge on any atom is -0.397 e. The highest BCUT2D eigenvalue weighted by Crippen LogP contribution is 2.43. The number of thiophene rings is 1. The van der Waals surface area contributed by atoms with Gasteiger partial charge in [0.2, 0.25) is 5.78 Å². The van der Waals surface area contributed by atoms with Crippen LogP contribution in [0.4, 0.5) is 5.69 Å². The van der Waals surface area contributed by atoms with Crippen LogP contribution in [0.15, 0.2) is 60.7 Å². The van der Waals surface area contributed by atoms with E-state index in [1.807, 2.05) is 48.5 Å². The van der Waals surface area contributed by atoms with Crippen LogP contribution in [0.3, 0.4) is 0 Å². The van der Waals surface area contributed by atoms with Gasteiger partial charge in [-0.3, -0.25) is 4.79 Å². The van der Waals surface area contributed by atoms with E-state index in [1.54, 1.807) is 0 Å². The number of carbonyl (C=O) groups is 1. The molecule has 0 fully saturated rings. The summed E-state index contributed by atoms with van der Waals surface area (Å²) in [5.74, 6) is -0.0608. The van der Waals surface area contributed by atoms with E-state index in [-0.39, 0.29) is 5.78 Å². The Labute approximate surface area is 166 Å². The summed E-state index contributed by atoms with van der Waals surface area (Å²) in [5, 5.41) is 0.861. The molecule has 0 atom stereocenters. The average Bonchev–Trinajstić information content (AvgIpc) is 3.08. The van der Waals surface area contributed by atoms with Crippen molar-refractivity contribution in [3.8, 4) is 11.1 Å². The van der Waals surface area contributed by atoms with Gasteiger partial charge in [0, 0.05) is 28.5 Å². The number of hydrogen-bond acceptors (Lipinski definition) is 5. The van der Waals surface area contributed by atoms with Crippen LogP contribution in [0.25, 0.3) is 21.3 Å². The SMILES string of the molecule is Nc1c(C(=O)c2ccccc2)sc2nc3c(c(-c4ccccc4)c12)COCC3. The molecule has 2 N–H and O–H groups in total. The number of anilines is 1. The summed E-state index contributed by atoms with van der Waals surface area (Å²) in [5.41, 5.74) is 11.9. The number of carbonyl (C=O) groups excluding carboxylic acids is 1. The number of nitrogens with zero attached hydrogens (tertiary/aromatic N) is 1. The third kappa shape index (κ3) is 2.71. The lowest BCUT2D eigenvalue weighted by molar-refractivity contribution is 0.104. The second-order valence-corrected chi connectivity index (χ2v) is 7.80. The van der Waals surface area contributed by atoms with Crippen molar-refractivity contribution in [2.24, 2.45) is 0 Å². The van der Waals surface area contributed by atoms with Crippen molar-refractivity contribution in [3.63, 3.8) is 0 Å². The van der Waals surface area contributed by atoms with Gasteiger partial charge in [-0.2, -0.15) is 0 Å². The van der Waals surface area contributed by atoms with Crippen molar-refractivity contribution < 1.29 is 9.53 Å². The lowest BCUT2D eigenvalue weighted by Gasteiger charge is -2.20. The summed E-state index contributed by atoms with van der Waals surface area (Å²) in [6.45, 7) is 1.18. The molecule has 0 spiro atoms. The highest BCUT2D eigenvalue weighted by molar-refractivity contribution is 7.21. The van der Waals surface area contributed by atoms with Crippen molar-refractivity contribution in [2.45, 2.75) is 13.0 Å². The normalized spacial score (nSPS) is 13.4. The molecule has 1 aliphatic heterocycles. The molecule has 4 aromatic rings. The van der Waals surface area contributed by atoms with E-state index in [9.17, 15) is 4.79 Å². The number of pyridine rings is 1. The molecule has 0 radical (unpaired) electrons. The van der Waals surface area contributed by atoms with E-state index in [4.69, 9.17) is 15.5 Å². The maximum atomic E-state index is 13.1. The predicted molar refractivity (Wildman–Crippen MR) is 113 cm³/mol. The number of aromatic nitrogens is 1. The first kappa shape index (κ1) is 17.1. The van der Waals surface area contributed by atoms with Crippen LogP contribution >= 0.6 is 11.3 Å². The highest BCUT2D eigenvalue weighted by atomic mass is 32.1. The molecule has 28 heavy (non-hydrogen) atoms. The van der Waals surface area contributed by atoms with Gasteiger partial charge < -0.3 is 10.5 Å². The molecule has 0 unspecified atom stereocenters. The Bertz CT molecular complexity index is 1180. The number of benzene rings is 2. The predicted octanol–water partition coefficient (Wildman–Crippen LogP) is 4.85. The zero-order chi connectivity index (χ0) is 19.1. The monoisotopic (exact) mass is 386 g/mol. The van der Waals surface area contributed by atoms with Gasteiger partial charge in [0.25, 0.3) is 0 Å². The number of nitrogens with two attached hydrogens (primary N) is 1. The number of rotatable bonds is 3. The van der Waals surface area contributed by atoms with Crippen molar-refractivity contribution in [1.82, 2.24) is 4.98 Å². The quantitative estimate of drug-likeness (QED) is 0.511. The maximum Gasteiger partial charge on any atom is 0.205 e. The number of nitrogen functional groups attached to an aromatic ring is 1. The molecule has 5 rings (SSSR count). The molecule has 5 heteroatoms. The van der Waals surface area contributed by atoms with Crippen LogP contribution in [-0.4, -0.2) is 17.4 Å². The Morgan fingerprint density at radius 1 is 1.04 bits per heavy atom. The Morgan fingerprint density at radius 3 is 2.50 bits per heavy atom. The molecule has 1 aliphatic rings. The molecule has 2 aromatic carbocycles. The minimum absolute atomic E-state index is 0.0608. The maximum absolute atomic E-state index is 13.1. The first-order valence-corrected chi connectivity index (χ1v) is 10.0. The molecular weight excluding hydrogens is 368 g/mol. The fourth-order valence-corrected chi connectivity index (χ4v) is 4.84. The summed E-state index contributed by atoms with van der Waals surface area (Å²) in [7, 11) is 0. The van der Waals surface area contributed by atoms with Gasteiger partial charge in [0.1, 0.15) is 9.71 Å². The molecule has 3 heterocycles. The van der Waals surface area contributed by atoms with E-state index in [0.717, 1.165) is 39.0 Å². The Morgan fingerprint density at radius 2 is 1.75 bits per heavy atom. The van der Waals surface area contributed by atoms with Crippen molar-refractivity contribution in [1.29, 1.82) is 0 Å². The van der Waals surface area contributed by atoms with Gasteiger partial charge in [0.05, 0.1) is 24.6 Å². The van der Waals surface area contributed by atoms with E-state index in [1.165, 1.54) is 11.3 Å². The first-order valence-electron chi connectivity index (χ1n) is 9.20. The lowest BCUT2D eigenvalue weighted by atomic mass is 9.93. The molecule has 2 aromatic heterocycles. The molecule has 0 aliphatic carbocycles. The van der Waals surface area contributed by atoms with Crippen molar-refractivity contribution >= 4 is 33.0 Å². The van der Waals surface area contributed by atoms with Crippen LogP contribution in [0.5, 0.6) is 0 Å². The van der Waals surface area contributed by atoms with Gasteiger partial charge in [-0.05, 0) is 5.56 Å². The second kappa shape index (κ2) is 6.86. The van der Waals surface area contributed by atoms with Crippen molar-refractivity contribution in [2.75, 3.05) is 12.3 Å². The standard InChI is InChI=1S/C23H18N2O2S/c24-20-19-18(14-7-3-1-4-8-14)16-13-27-12-11-17(16)25-23(19)28-22(20)21(26)15-9-5-2-6-10-15/h1-10H,11-13,24H2. The number of ketones is 1. The topological polar surface area (TPSA) is 65.2 Å². The minimum atomic E-state index is -0.0608. The van der Waals surface area contributed by atoms with Gasteiger partial charge >= 0.3 is 0 Å². The Kier molecular flexibility index (Phi) is 4.19. The molecular formula is C23H18N2O2S. The number of ether oxygens (including phenoxy) is 1. The highest BCUT2D eigenvalue weighted by Gasteiger charge is 2.26. The Hall–Kier alpha value is -3.02. The van der Waals surface area contributed by atoms with E-state index >= 15 is 0 Å². The van der Waals surface area contributed by atoms with Crippen LogP contribution in [0, 0.1) is 0 Å². The van der Waals surface area contributed by atoms with Gasteiger partial charge in [-0.15, -0.1) is 11.3 Å². The fourth-order valence-electron chi connectivity index (χ4n) is 3.75. The van der Waals surface area contributed by atoms with Crippen LogP contribution < -0.4 is 5.73 Å². The summed E-state index contributed by atoms with van der Waals surface area (Å²) >= 11 is 1.38. The Balaban J connectivity index is 1.79. The molecule has 0 saturated carbocycles. The van der Waals surface area contributed by atoms with Crippen LogP contribution in [0.2, 0.25) is 0 Å². The first-order chi connectivity index (χ1) is 13.7. The molecule has 0 bridgehead atoms. The smallest absolute Gasteiger partial charge is 0.205 e. The second-order valence-electron chi connectivity index (χ2n) is 6.80. The zero-order valence-corrected chi connectivity index (χ0v) is 16.0. The van der Waals surface area contributed by atoms with Gasteiger partial charge in [0.15, 0.2) is 0 Å². The molecule has 0 amide bonds. The van der Waals surface area contributed by atoms with Crippen molar-refractivity contribution in [3.05, 3.63) is 82.4 Å². The third-order valence-corrected chi connectivity index (χ3v) is 6.20. The summed E-state index contributed by atoms with van der Waals surface area (Å²) in [4.78, 5) is 19.3.